The van der Waals surface area contributed by atoms with E-state index in [1.807, 2.05) is 35.2 Å². The number of aromatic nitrogens is 4. The zero-order valence-corrected chi connectivity index (χ0v) is 20.9. The second-order valence-electron chi connectivity index (χ2n) is 9.32. The number of nitrogens with one attached hydrogen (secondary N) is 1. The lowest BCUT2D eigenvalue weighted by atomic mass is 9.97. The summed E-state index contributed by atoms with van der Waals surface area (Å²) in [7, 11) is 1.60. The van der Waals surface area contributed by atoms with Gasteiger partial charge in [-0.15, -0.1) is 0 Å². The lowest BCUT2D eigenvalue weighted by Crippen LogP contribution is -2.23. The molecule has 2 unspecified atom stereocenters. The molecule has 1 aliphatic carbocycles. The average molecular weight is 523 g/mol. The third kappa shape index (κ3) is 4.59. The highest BCUT2D eigenvalue weighted by molar-refractivity contribution is 6.29. The van der Waals surface area contributed by atoms with Crippen LogP contribution >= 0.6 is 11.6 Å². The number of alkyl halides is 1. The monoisotopic (exact) mass is 522 g/mol. The van der Waals surface area contributed by atoms with Crippen LogP contribution in [-0.4, -0.2) is 45.9 Å². The summed E-state index contributed by atoms with van der Waals surface area (Å²) < 4.78 is 35.1. The Morgan fingerprint density at radius 3 is 2.65 bits per heavy atom. The molecule has 1 N–H and O–H groups in total. The van der Waals surface area contributed by atoms with Crippen LogP contribution in [-0.2, 0) is 6.42 Å². The third-order valence-corrected chi connectivity index (χ3v) is 7.19. The number of fused-ring (bicyclic) bond motifs is 1. The van der Waals surface area contributed by atoms with E-state index in [1.54, 1.807) is 24.2 Å². The van der Waals surface area contributed by atoms with Crippen molar-refractivity contribution >= 4 is 29.1 Å². The second kappa shape index (κ2) is 9.63. The molecule has 10 heteroatoms. The van der Waals surface area contributed by atoms with Gasteiger partial charge in [-0.3, -0.25) is 0 Å². The molecule has 4 aromatic rings. The molecule has 1 aliphatic heterocycles. The average Bonchev–Trinajstić information content (AvgIpc) is 3.64. The van der Waals surface area contributed by atoms with Gasteiger partial charge in [-0.2, -0.15) is 4.98 Å². The molecule has 0 bridgehead atoms. The van der Waals surface area contributed by atoms with Gasteiger partial charge >= 0.3 is 0 Å². The number of methoxy groups -OCH3 is 1. The predicted octanol–water partition coefficient (Wildman–Crippen LogP) is 5.83. The van der Waals surface area contributed by atoms with Crippen LogP contribution < -0.4 is 15.0 Å². The van der Waals surface area contributed by atoms with E-state index in [0.717, 1.165) is 46.9 Å². The van der Waals surface area contributed by atoms with Crippen molar-refractivity contribution in [1.82, 2.24) is 19.5 Å². The number of anilines is 3. The molecule has 1 saturated heterocycles. The normalized spacial score (nSPS) is 18.8. The predicted molar refractivity (Wildman–Crippen MR) is 139 cm³/mol. The molecule has 6 rings (SSSR count). The summed E-state index contributed by atoms with van der Waals surface area (Å²) >= 11 is 5.98. The van der Waals surface area contributed by atoms with Crippen LogP contribution in [0.15, 0.2) is 55.0 Å². The van der Waals surface area contributed by atoms with E-state index in [4.69, 9.17) is 26.3 Å². The minimum absolute atomic E-state index is 0.0181. The number of benzene rings is 2. The zero-order valence-electron chi connectivity index (χ0n) is 20.2. The molecule has 7 nitrogen and oxygen atoms in total. The van der Waals surface area contributed by atoms with Gasteiger partial charge in [0.15, 0.2) is 0 Å². The summed E-state index contributed by atoms with van der Waals surface area (Å²) in [5, 5.41) is 3.70. The largest absolute Gasteiger partial charge is 0.494 e. The first-order chi connectivity index (χ1) is 18.0. The molecule has 3 heterocycles. The number of imidazole rings is 1. The minimum Gasteiger partial charge on any atom is -0.494 e. The highest BCUT2D eigenvalue weighted by Crippen LogP contribution is 2.42. The van der Waals surface area contributed by atoms with Gasteiger partial charge in [-0.05, 0) is 49.1 Å². The van der Waals surface area contributed by atoms with Crippen molar-refractivity contribution < 1.29 is 13.5 Å². The van der Waals surface area contributed by atoms with Gasteiger partial charge < -0.3 is 19.5 Å². The summed E-state index contributed by atoms with van der Waals surface area (Å²) in [5.41, 5.74) is 4.46. The number of rotatable bonds is 6. The molecular formula is C27H25ClF2N6O. The fourth-order valence-corrected chi connectivity index (χ4v) is 5.37. The standard InChI is InChI=1S/C27H25ClF2N6O/c1-37-23-12-19(6-9-22(23)36-14-24(28)31-15-36)32-27-33-25-20(16-2-4-17(29)5-3-16)7-8-21(25)26(34-27)35-11-10-18(30)13-35/h2-6,9,12,14-15,18,20H,7-8,10-11,13H2,1H3,(H,32,33,34). The first-order valence-electron chi connectivity index (χ1n) is 12.2. The zero-order chi connectivity index (χ0) is 25.5. The first-order valence-corrected chi connectivity index (χ1v) is 12.6. The Hall–Kier alpha value is -3.72. The van der Waals surface area contributed by atoms with Crippen molar-refractivity contribution in [1.29, 1.82) is 0 Å². The Labute approximate surface area is 218 Å². The molecule has 0 radical (unpaired) electrons. The second-order valence-corrected chi connectivity index (χ2v) is 9.71. The van der Waals surface area contributed by atoms with E-state index >= 15 is 0 Å². The van der Waals surface area contributed by atoms with Crippen LogP contribution in [0.2, 0.25) is 5.15 Å². The Morgan fingerprint density at radius 2 is 1.95 bits per heavy atom. The molecule has 0 amide bonds. The molecular weight excluding hydrogens is 498 g/mol. The van der Waals surface area contributed by atoms with Crippen molar-refractivity contribution in [3.05, 3.63) is 82.8 Å². The van der Waals surface area contributed by atoms with Gasteiger partial charge in [-0.1, -0.05) is 23.7 Å². The Kier molecular flexibility index (Phi) is 6.16. The summed E-state index contributed by atoms with van der Waals surface area (Å²) in [5.74, 6) is 1.56. The number of ether oxygens (including phenoxy) is 1. The lowest BCUT2D eigenvalue weighted by Gasteiger charge is -2.22. The number of nitrogens with zero attached hydrogens (tertiary/aromatic N) is 5. The van der Waals surface area contributed by atoms with E-state index in [1.165, 1.54) is 12.1 Å². The van der Waals surface area contributed by atoms with Gasteiger partial charge in [0.1, 0.15) is 35.0 Å². The summed E-state index contributed by atoms with van der Waals surface area (Å²) in [6.45, 7) is 0.932. The highest BCUT2D eigenvalue weighted by Gasteiger charge is 2.33. The quantitative estimate of drug-likeness (QED) is 0.343. The molecule has 1 fully saturated rings. The number of hydrogen-bond acceptors (Lipinski definition) is 6. The Bertz CT molecular complexity index is 1440. The topological polar surface area (TPSA) is 68.1 Å². The highest BCUT2D eigenvalue weighted by atomic mass is 35.5. The summed E-state index contributed by atoms with van der Waals surface area (Å²) in [6.07, 6.45) is 4.56. The van der Waals surface area contributed by atoms with Crippen molar-refractivity contribution in [3.63, 3.8) is 0 Å². The fraction of sp³-hybridized carbons (Fsp3) is 0.296. The van der Waals surface area contributed by atoms with Crippen LogP contribution in [0.1, 0.15) is 35.6 Å². The first kappa shape index (κ1) is 23.7. The molecule has 2 aromatic carbocycles. The van der Waals surface area contributed by atoms with Gasteiger partial charge in [-0.25, -0.2) is 18.7 Å². The van der Waals surface area contributed by atoms with E-state index in [-0.39, 0.29) is 11.7 Å². The maximum Gasteiger partial charge on any atom is 0.229 e. The van der Waals surface area contributed by atoms with Crippen LogP contribution in [0.4, 0.5) is 26.2 Å². The maximum atomic E-state index is 14.1. The van der Waals surface area contributed by atoms with Crippen molar-refractivity contribution in [2.75, 3.05) is 30.4 Å². The molecule has 2 aliphatic rings. The fourth-order valence-electron chi connectivity index (χ4n) is 5.22. The smallest absolute Gasteiger partial charge is 0.229 e. The van der Waals surface area contributed by atoms with Crippen molar-refractivity contribution in [2.45, 2.75) is 31.4 Å². The SMILES string of the molecule is COc1cc(Nc2nc3c(c(N4CCC(F)C4)n2)CCC3c2ccc(F)cc2)ccc1-n1cnc(Cl)c1. The molecule has 37 heavy (non-hydrogen) atoms. The number of hydrogen-bond donors (Lipinski definition) is 1. The minimum atomic E-state index is -0.871. The Balaban J connectivity index is 1.37. The Morgan fingerprint density at radius 1 is 1.11 bits per heavy atom. The van der Waals surface area contributed by atoms with E-state index in [0.29, 0.717) is 36.4 Å². The van der Waals surface area contributed by atoms with Crippen molar-refractivity contribution in [3.8, 4) is 11.4 Å². The molecule has 2 aromatic heterocycles. The van der Waals surface area contributed by atoms with Crippen LogP contribution in [0.3, 0.4) is 0 Å². The third-order valence-electron chi connectivity index (χ3n) is 7.00. The van der Waals surface area contributed by atoms with Crippen molar-refractivity contribution in [2.24, 2.45) is 0 Å². The van der Waals surface area contributed by atoms with Gasteiger partial charge in [0.2, 0.25) is 5.95 Å². The molecule has 2 atom stereocenters. The van der Waals surface area contributed by atoms with E-state index in [2.05, 4.69) is 10.3 Å². The van der Waals surface area contributed by atoms with Gasteiger partial charge in [0.25, 0.3) is 0 Å². The van der Waals surface area contributed by atoms with Crippen LogP contribution in [0.5, 0.6) is 5.75 Å². The molecule has 190 valence electrons. The van der Waals surface area contributed by atoms with E-state index in [9.17, 15) is 8.78 Å². The molecule has 0 saturated carbocycles. The maximum absolute atomic E-state index is 14.1. The lowest BCUT2D eigenvalue weighted by molar-refractivity contribution is 0.364. The van der Waals surface area contributed by atoms with Crippen LogP contribution in [0.25, 0.3) is 5.69 Å². The number of halogens is 3. The summed E-state index contributed by atoms with van der Waals surface area (Å²) in [4.78, 5) is 15.8. The van der Waals surface area contributed by atoms with E-state index < -0.39 is 6.17 Å². The van der Waals surface area contributed by atoms with Crippen LogP contribution in [0, 0.1) is 5.82 Å². The van der Waals surface area contributed by atoms with Gasteiger partial charge in [0, 0.05) is 36.0 Å². The molecule has 0 spiro atoms. The van der Waals surface area contributed by atoms with Gasteiger partial charge in [0.05, 0.1) is 25.0 Å². The summed E-state index contributed by atoms with van der Waals surface area (Å²) in [6, 6.07) is 12.2.